The zero-order valence-electron chi connectivity index (χ0n) is 12.3. The fourth-order valence-electron chi connectivity index (χ4n) is 2.06. The molecule has 0 amide bonds. The lowest BCUT2D eigenvalue weighted by Crippen LogP contribution is -2.51. The second-order valence-corrected chi connectivity index (χ2v) is 6.41. The SMILES string of the molecule is CC(CNCC(C)(C)C(C)C)N1CCNCC1. The number of piperazine rings is 1. The maximum absolute atomic E-state index is 3.64. The van der Waals surface area contributed by atoms with Crippen molar-refractivity contribution >= 4 is 0 Å². The van der Waals surface area contributed by atoms with E-state index in [-0.39, 0.29) is 0 Å². The summed E-state index contributed by atoms with van der Waals surface area (Å²) >= 11 is 0. The van der Waals surface area contributed by atoms with Gasteiger partial charge in [0.15, 0.2) is 0 Å². The lowest BCUT2D eigenvalue weighted by atomic mass is 9.81. The van der Waals surface area contributed by atoms with Gasteiger partial charge in [-0.05, 0) is 18.3 Å². The first-order chi connectivity index (χ1) is 7.93. The van der Waals surface area contributed by atoms with E-state index in [0.29, 0.717) is 11.5 Å². The zero-order valence-corrected chi connectivity index (χ0v) is 12.3. The van der Waals surface area contributed by atoms with Gasteiger partial charge in [-0.3, -0.25) is 4.90 Å². The first-order valence-electron chi connectivity index (χ1n) is 7.09. The van der Waals surface area contributed by atoms with Crippen LogP contribution in [0, 0.1) is 11.3 Å². The molecule has 3 nitrogen and oxygen atoms in total. The molecule has 2 N–H and O–H groups in total. The molecule has 1 fully saturated rings. The molecule has 1 heterocycles. The lowest BCUT2D eigenvalue weighted by molar-refractivity contribution is 0.170. The average Bonchev–Trinajstić information content (AvgIpc) is 2.29. The van der Waals surface area contributed by atoms with Crippen LogP contribution >= 0.6 is 0 Å². The van der Waals surface area contributed by atoms with Crippen LogP contribution in [-0.2, 0) is 0 Å². The molecule has 1 aliphatic heterocycles. The molecule has 1 rings (SSSR count). The second kappa shape index (κ2) is 6.72. The van der Waals surface area contributed by atoms with E-state index in [1.807, 2.05) is 0 Å². The fraction of sp³-hybridized carbons (Fsp3) is 1.00. The van der Waals surface area contributed by atoms with E-state index in [4.69, 9.17) is 0 Å². The van der Waals surface area contributed by atoms with Gasteiger partial charge in [0, 0.05) is 45.3 Å². The molecule has 17 heavy (non-hydrogen) atoms. The van der Waals surface area contributed by atoms with Crippen molar-refractivity contribution < 1.29 is 0 Å². The monoisotopic (exact) mass is 241 g/mol. The van der Waals surface area contributed by atoms with E-state index in [9.17, 15) is 0 Å². The van der Waals surface area contributed by atoms with Crippen molar-refractivity contribution in [1.29, 1.82) is 0 Å². The summed E-state index contributed by atoms with van der Waals surface area (Å²) < 4.78 is 0. The Morgan fingerprint density at radius 1 is 1.18 bits per heavy atom. The highest BCUT2D eigenvalue weighted by Gasteiger charge is 2.22. The van der Waals surface area contributed by atoms with Crippen LogP contribution in [0.4, 0.5) is 0 Å². The number of nitrogens with one attached hydrogen (secondary N) is 2. The molecule has 0 aromatic rings. The summed E-state index contributed by atoms with van der Waals surface area (Å²) in [7, 11) is 0. The van der Waals surface area contributed by atoms with E-state index in [0.717, 1.165) is 32.1 Å². The average molecular weight is 241 g/mol. The molecule has 102 valence electrons. The third-order valence-electron chi connectivity index (χ3n) is 4.36. The Hall–Kier alpha value is -0.120. The molecule has 0 bridgehead atoms. The first kappa shape index (κ1) is 14.9. The maximum atomic E-state index is 3.64. The summed E-state index contributed by atoms with van der Waals surface area (Å²) in [6.07, 6.45) is 0. The highest BCUT2D eigenvalue weighted by atomic mass is 15.2. The van der Waals surface area contributed by atoms with E-state index in [1.54, 1.807) is 0 Å². The summed E-state index contributed by atoms with van der Waals surface area (Å²) in [5.74, 6) is 0.726. The number of rotatable bonds is 6. The minimum Gasteiger partial charge on any atom is -0.315 e. The van der Waals surface area contributed by atoms with E-state index < -0.39 is 0 Å². The second-order valence-electron chi connectivity index (χ2n) is 6.41. The van der Waals surface area contributed by atoms with Crippen molar-refractivity contribution in [2.45, 2.75) is 40.7 Å². The van der Waals surface area contributed by atoms with Gasteiger partial charge in [0.05, 0.1) is 0 Å². The predicted octanol–water partition coefficient (Wildman–Crippen LogP) is 1.55. The standard InChI is InChI=1S/C14H31N3/c1-12(2)14(4,5)11-16-10-13(3)17-8-6-15-7-9-17/h12-13,15-16H,6-11H2,1-5H3. The van der Waals surface area contributed by atoms with Crippen LogP contribution in [0.3, 0.4) is 0 Å². The Labute approximate surface area is 107 Å². The van der Waals surface area contributed by atoms with Crippen molar-refractivity contribution in [2.24, 2.45) is 11.3 Å². The van der Waals surface area contributed by atoms with Gasteiger partial charge in [-0.2, -0.15) is 0 Å². The molecule has 0 aromatic carbocycles. The minimum atomic E-state index is 0.392. The fourth-order valence-corrected chi connectivity index (χ4v) is 2.06. The van der Waals surface area contributed by atoms with Crippen molar-refractivity contribution in [3.8, 4) is 0 Å². The molecule has 1 unspecified atom stereocenters. The normalized spacial score (nSPS) is 20.8. The molecule has 1 atom stereocenters. The summed E-state index contributed by atoms with van der Waals surface area (Å²) in [5, 5.41) is 7.04. The van der Waals surface area contributed by atoms with E-state index in [2.05, 4.69) is 50.2 Å². The number of hydrogen-bond acceptors (Lipinski definition) is 3. The van der Waals surface area contributed by atoms with Crippen LogP contribution in [0.1, 0.15) is 34.6 Å². The van der Waals surface area contributed by atoms with Crippen LogP contribution in [0.5, 0.6) is 0 Å². The molecule has 0 aliphatic carbocycles. The maximum Gasteiger partial charge on any atom is 0.0193 e. The molecular weight excluding hydrogens is 210 g/mol. The number of nitrogens with zero attached hydrogens (tertiary/aromatic N) is 1. The number of hydrogen-bond donors (Lipinski definition) is 2. The topological polar surface area (TPSA) is 27.3 Å². The molecular formula is C14H31N3. The molecule has 0 radical (unpaired) electrons. The Morgan fingerprint density at radius 2 is 1.76 bits per heavy atom. The highest BCUT2D eigenvalue weighted by molar-refractivity contribution is 4.79. The van der Waals surface area contributed by atoms with Crippen molar-refractivity contribution in [2.75, 3.05) is 39.3 Å². The van der Waals surface area contributed by atoms with Crippen molar-refractivity contribution in [3.63, 3.8) is 0 Å². The van der Waals surface area contributed by atoms with E-state index in [1.165, 1.54) is 13.1 Å². The highest BCUT2D eigenvalue weighted by Crippen LogP contribution is 2.24. The van der Waals surface area contributed by atoms with Gasteiger partial charge in [0.25, 0.3) is 0 Å². The van der Waals surface area contributed by atoms with Gasteiger partial charge in [-0.25, -0.2) is 0 Å². The van der Waals surface area contributed by atoms with Crippen LogP contribution in [0.2, 0.25) is 0 Å². The Morgan fingerprint density at radius 3 is 2.29 bits per heavy atom. The molecule has 0 spiro atoms. The molecule has 3 heteroatoms. The van der Waals surface area contributed by atoms with Gasteiger partial charge in [0.2, 0.25) is 0 Å². The van der Waals surface area contributed by atoms with Crippen LogP contribution in [-0.4, -0.2) is 50.2 Å². The first-order valence-corrected chi connectivity index (χ1v) is 7.09. The Kier molecular flexibility index (Phi) is 5.90. The summed E-state index contributed by atoms with van der Waals surface area (Å²) in [6, 6.07) is 0.653. The summed E-state index contributed by atoms with van der Waals surface area (Å²) in [6.45, 7) is 18.5. The van der Waals surface area contributed by atoms with Crippen LogP contribution < -0.4 is 10.6 Å². The van der Waals surface area contributed by atoms with Gasteiger partial charge in [-0.15, -0.1) is 0 Å². The summed E-state index contributed by atoms with van der Waals surface area (Å²) in [5.41, 5.74) is 0.392. The van der Waals surface area contributed by atoms with Crippen LogP contribution in [0.15, 0.2) is 0 Å². The molecule has 1 saturated heterocycles. The van der Waals surface area contributed by atoms with Gasteiger partial charge in [-0.1, -0.05) is 27.7 Å². The minimum absolute atomic E-state index is 0.392. The van der Waals surface area contributed by atoms with Gasteiger partial charge < -0.3 is 10.6 Å². The van der Waals surface area contributed by atoms with Crippen LogP contribution in [0.25, 0.3) is 0 Å². The van der Waals surface area contributed by atoms with E-state index >= 15 is 0 Å². The summed E-state index contributed by atoms with van der Waals surface area (Å²) in [4.78, 5) is 2.58. The smallest absolute Gasteiger partial charge is 0.0193 e. The largest absolute Gasteiger partial charge is 0.315 e. The Balaban J connectivity index is 2.21. The lowest BCUT2D eigenvalue weighted by Gasteiger charge is -2.35. The molecule has 0 aromatic heterocycles. The Bertz CT molecular complexity index is 208. The van der Waals surface area contributed by atoms with Crippen molar-refractivity contribution in [1.82, 2.24) is 15.5 Å². The quantitative estimate of drug-likeness (QED) is 0.739. The zero-order chi connectivity index (χ0) is 12.9. The van der Waals surface area contributed by atoms with Crippen molar-refractivity contribution in [3.05, 3.63) is 0 Å². The third-order valence-corrected chi connectivity index (χ3v) is 4.36. The predicted molar refractivity (Wildman–Crippen MR) is 75.4 cm³/mol. The van der Waals surface area contributed by atoms with Gasteiger partial charge >= 0.3 is 0 Å². The third kappa shape index (κ3) is 4.94. The molecule has 1 aliphatic rings. The molecule has 0 saturated carbocycles. The van der Waals surface area contributed by atoms with Gasteiger partial charge in [0.1, 0.15) is 0 Å².